The number of esters is 2. The Labute approximate surface area is 467 Å². The van der Waals surface area contributed by atoms with E-state index in [-0.39, 0.29) is 26.1 Å². The van der Waals surface area contributed by atoms with E-state index in [1.54, 1.807) is 0 Å². The first kappa shape index (κ1) is 72.4. The highest BCUT2D eigenvalue weighted by atomic mass is 31.2. The van der Waals surface area contributed by atoms with Gasteiger partial charge < -0.3 is 27.9 Å². The summed E-state index contributed by atoms with van der Waals surface area (Å²) in [5, 5.41) is 0. The minimum absolute atomic E-state index is 0.0374. The van der Waals surface area contributed by atoms with Crippen LogP contribution < -0.4 is 4.89 Å². The molecule has 0 aliphatic rings. The molecule has 9 nitrogen and oxygen atoms in total. The van der Waals surface area contributed by atoms with Crippen LogP contribution in [-0.2, 0) is 32.7 Å². The van der Waals surface area contributed by atoms with Crippen molar-refractivity contribution in [2.75, 3.05) is 47.5 Å². The maximum absolute atomic E-state index is 12.8. The van der Waals surface area contributed by atoms with Gasteiger partial charge in [-0.2, -0.15) is 0 Å². The van der Waals surface area contributed by atoms with Gasteiger partial charge in [-0.15, -0.1) is 0 Å². The Morgan fingerprint density at radius 1 is 0.421 bits per heavy atom. The third-order valence-electron chi connectivity index (χ3n) is 12.5. The summed E-state index contributed by atoms with van der Waals surface area (Å²) in [5.41, 5.74) is 0. The van der Waals surface area contributed by atoms with E-state index in [1.807, 2.05) is 21.1 Å². The summed E-state index contributed by atoms with van der Waals surface area (Å²) in [5.74, 6) is -0.852. The predicted octanol–water partition coefficient (Wildman–Crippen LogP) is 18.5. The predicted molar refractivity (Wildman–Crippen MR) is 323 cm³/mol. The lowest BCUT2D eigenvalue weighted by atomic mass is 10.0. The SMILES string of the molecule is CC/C=C\C/C=C\C/C=C\C/C=C\C/C=C\C/C=C\C/C=C\C/C=C\C/C=C\CCCCCCCCCCCCCC(=O)OC(COC(=O)CCCCCCC/C=C\CCCCCC)COP(=O)([O-])OCC[N+](C)(C)C. The van der Waals surface area contributed by atoms with Gasteiger partial charge in [0.1, 0.15) is 19.8 Å². The molecule has 0 aliphatic heterocycles. The van der Waals surface area contributed by atoms with Crippen molar-refractivity contribution in [3.63, 3.8) is 0 Å². The van der Waals surface area contributed by atoms with E-state index in [2.05, 4.69) is 135 Å². The van der Waals surface area contributed by atoms with Crippen molar-refractivity contribution in [1.82, 2.24) is 0 Å². The van der Waals surface area contributed by atoms with E-state index < -0.39 is 32.5 Å². The molecule has 76 heavy (non-hydrogen) atoms. The first-order valence-corrected chi connectivity index (χ1v) is 31.7. The second kappa shape index (κ2) is 56.1. The standard InChI is InChI=1S/C66H112NO8P/c1-6-8-10-12-14-16-18-20-21-22-23-24-25-26-27-28-29-30-31-32-33-34-35-36-37-38-39-40-41-42-43-44-45-47-49-51-53-55-57-59-66(69)75-64(63-74-76(70,71)73-61-60-67(3,4)5)62-72-65(68)58-56-54-52-50-48-46-19-17-15-13-11-9-7-2/h8,10,14,16-17,19-21,23-24,26-27,29-30,32-33,35-36,38-39,64H,6-7,9,11-13,15,18,22,25,28,31,34,37,40-63H2,1-5H3/b10-8-,16-14-,19-17-,21-20-,24-23-,27-26-,30-29-,33-32-,36-35-,39-38-. The largest absolute Gasteiger partial charge is 0.756 e. The average Bonchev–Trinajstić information content (AvgIpc) is 3.38. The molecule has 10 heteroatoms. The molecule has 0 fully saturated rings. The van der Waals surface area contributed by atoms with Crippen LogP contribution in [0.5, 0.6) is 0 Å². The van der Waals surface area contributed by atoms with Crippen molar-refractivity contribution in [3.05, 3.63) is 122 Å². The second-order valence-electron chi connectivity index (χ2n) is 21.0. The molecular formula is C66H112NO8P. The van der Waals surface area contributed by atoms with Crippen LogP contribution in [0.15, 0.2) is 122 Å². The molecule has 0 spiro atoms. The molecule has 0 aromatic rings. The van der Waals surface area contributed by atoms with Crippen LogP contribution in [0.25, 0.3) is 0 Å². The van der Waals surface area contributed by atoms with Crippen molar-refractivity contribution in [1.29, 1.82) is 0 Å². The van der Waals surface area contributed by atoms with E-state index in [0.29, 0.717) is 23.9 Å². The lowest BCUT2D eigenvalue weighted by Gasteiger charge is -2.28. The van der Waals surface area contributed by atoms with E-state index >= 15 is 0 Å². The number of carbonyl (C=O) groups excluding carboxylic acids is 2. The average molecular weight is 1080 g/mol. The summed E-state index contributed by atoms with van der Waals surface area (Å²) in [6, 6.07) is 0. The molecule has 0 bridgehead atoms. The van der Waals surface area contributed by atoms with Gasteiger partial charge in [0, 0.05) is 12.8 Å². The third-order valence-corrected chi connectivity index (χ3v) is 13.4. The number of carbonyl (C=O) groups is 2. The van der Waals surface area contributed by atoms with Gasteiger partial charge in [-0.25, -0.2) is 0 Å². The lowest BCUT2D eigenvalue weighted by Crippen LogP contribution is -2.37. The Balaban J connectivity index is 4.07. The number of hydrogen-bond acceptors (Lipinski definition) is 8. The summed E-state index contributed by atoms with van der Waals surface area (Å²) < 4.78 is 34.1. The first-order valence-electron chi connectivity index (χ1n) is 30.2. The fourth-order valence-electron chi connectivity index (χ4n) is 7.82. The van der Waals surface area contributed by atoms with Gasteiger partial charge in [0.15, 0.2) is 6.10 Å². The monoisotopic (exact) mass is 1080 g/mol. The molecule has 0 N–H and O–H groups in total. The fraction of sp³-hybridized carbons (Fsp3) is 0.667. The number of unbranched alkanes of at least 4 members (excludes halogenated alkanes) is 20. The number of nitrogens with zero attached hydrogens (tertiary/aromatic N) is 1. The van der Waals surface area contributed by atoms with Gasteiger partial charge in [-0.3, -0.25) is 14.2 Å². The van der Waals surface area contributed by atoms with Crippen LogP contribution in [0.1, 0.15) is 232 Å². The molecule has 0 aromatic heterocycles. The highest BCUT2D eigenvalue weighted by Crippen LogP contribution is 2.38. The van der Waals surface area contributed by atoms with Crippen LogP contribution in [-0.4, -0.2) is 70.0 Å². The van der Waals surface area contributed by atoms with Crippen molar-refractivity contribution in [2.45, 2.75) is 238 Å². The molecule has 0 amide bonds. The number of rotatable bonds is 54. The number of allylic oxidation sites excluding steroid dienone is 20. The van der Waals surface area contributed by atoms with E-state index in [1.165, 1.54) is 77.0 Å². The van der Waals surface area contributed by atoms with Crippen LogP contribution in [0.2, 0.25) is 0 Å². The number of quaternary nitrogens is 1. The molecule has 0 radical (unpaired) electrons. The van der Waals surface area contributed by atoms with Crippen molar-refractivity contribution >= 4 is 19.8 Å². The Kier molecular flexibility index (Phi) is 53.5. The maximum atomic E-state index is 12.8. The van der Waals surface area contributed by atoms with Crippen LogP contribution >= 0.6 is 7.82 Å². The number of ether oxygens (including phenoxy) is 2. The molecule has 434 valence electrons. The highest BCUT2D eigenvalue weighted by Gasteiger charge is 2.22. The number of phosphoric acid groups is 1. The van der Waals surface area contributed by atoms with E-state index in [0.717, 1.165) is 116 Å². The summed E-state index contributed by atoms with van der Waals surface area (Å²) in [4.78, 5) is 37.8. The van der Waals surface area contributed by atoms with Crippen LogP contribution in [0, 0.1) is 0 Å². The molecule has 2 atom stereocenters. The number of hydrogen-bond donors (Lipinski definition) is 0. The zero-order valence-corrected chi connectivity index (χ0v) is 50.0. The summed E-state index contributed by atoms with van der Waals surface area (Å²) in [6.07, 6.45) is 79.7. The smallest absolute Gasteiger partial charge is 0.306 e. The van der Waals surface area contributed by atoms with Crippen molar-refractivity contribution in [3.8, 4) is 0 Å². The Morgan fingerprint density at radius 2 is 0.750 bits per heavy atom. The Hall–Kier alpha value is -3.59. The topological polar surface area (TPSA) is 111 Å². The van der Waals surface area contributed by atoms with Gasteiger partial charge in [0.05, 0.1) is 27.7 Å². The van der Waals surface area contributed by atoms with Gasteiger partial charge in [-0.1, -0.05) is 232 Å². The number of phosphoric ester groups is 1. The normalized spacial score (nSPS) is 14.1. The molecule has 0 saturated heterocycles. The first-order chi connectivity index (χ1) is 37.0. The molecular weight excluding hydrogens is 966 g/mol. The van der Waals surface area contributed by atoms with Gasteiger partial charge in [-0.05, 0) is 109 Å². The Morgan fingerprint density at radius 3 is 1.13 bits per heavy atom. The molecule has 0 aromatic carbocycles. The lowest BCUT2D eigenvalue weighted by molar-refractivity contribution is -0.870. The summed E-state index contributed by atoms with van der Waals surface area (Å²) in [6.45, 7) is 4.08. The third kappa shape index (κ3) is 59.7. The van der Waals surface area contributed by atoms with Gasteiger partial charge in [0.2, 0.25) is 0 Å². The fourth-order valence-corrected chi connectivity index (χ4v) is 8.55. The zero-order chi connectivity index (χ0) is 55.6. The summed E-state index contributed by atoms with van der Waals surface area (Å²) in [7, 11) is 1.15. The highest BCUT2D eigenvalue weighted by molar-refractivity contribution is 7.45. The van der Waals surface area contributed by atoms with Gasteiger partial charge in [0.25, 0.3) is 7.82 Å². The second-order valence-corrected chi connectivity index (χ2v) is 22.4. The Bertz CT molecular complexity index is 1700. The number of likely N-dealkylation sites (N-methyl/N-ethyl adjacent to an activating group) is 1. The summed E-state index contributed by atoms with van der Waals surface area (Å²) >= 11 is 0. The molecule has 0 rings (SSSR count). The van der Waals surface area contributed by atoms with Crippen LogP contribution in [0.4, 0.5) is 0 Å². The zero-order valence-electron chi connectivity index (χ0n) is 49.2. The molecule has 0 heterocycles. The minimum Gasteiger partial charge on any atom is -0.756 e. The van der Waals surface area contributed by atoms with Gasteiger partial charge >= 0.3 is 11.9 Å². The van der Waals surface area contributed by atoms with E-state index in [4.69, 9.17) is 18.5 Å². The molecule has 2 unspecified atom stereocenters. The molecule has 0 aliphatic carbocycles. The quantitative estimate of drug-likeness (QED) is 0.0195. The molecule has 0 saturated carbocycles. The van der Waals surface area contributed by atoms with Crippen molar-refractivity contribution in [2.24, 2.45) is 0 Å². The van der Waals surface area contributed by atoms with E-state index in [9.17, 15) is 19.0 Å². The maximum Gasteiger partial charge on any atom is 0.306 e. The minimum atomic E-state index is -4.64. The van der Waals surface area contributed by atoms with Crippen LogP contribution in [0.3, 0.4) is 0 Å². The van der Waals surface area contributed by atoms with Crippen molar-refractivity contribution < 1.29 is 42.1 Å².